The molecule has 0 atom stereocenters. The summed E-state index contributed by atoms with van der Waals surface area (Å²) in [5, 5.41) is 0.651. The smallest absolute Gasteiger partial charge is 0.289 e. The highest BCUT2D eigenvalue weighted by molar-refractivity contribution is 7.98. The first-order chi connectivity index (χ1) is 21.0. The van der Waals surface area contributed by atoms with Crippen LogP contribution in [0.2, 0.25) is 0 Å². The number of amides is 1. The number of fused-ring (bicyclic) bond motifs is 1. The van der Waals surface area contributed by atoms with Gasteiger partial charge in [-0.15, -0.1) is 0 Å². The summed E-state index contributed by atoms with van der Waals surface area (Å²) in [6, 6.07) is 21.6. The molecule has 1 fully saturated rings. The average Bonchev–Trinajstić information content (AvgIpc) is 3.70. The normalized spacial score (nSPS) is 14.7. The summed E-state index contributed by atoms with van der Waals surface area (Å²) in [4.78, 5) is 28.9. The predicted molar refractivity (Wildman–Crippen MR) is 163 cm³/mol. The molecule has 0 spiro atoms. The van der Waals surface area contributed by atoms with Crippen LogP contribution in [0.5, 0.6) is 11.5 Å². The number of anilines is 1. The highest BCUT2D eigenvalue weighted by Crippen LogP contribution is 2.33. The first-order valence-electron chi connectivity index (χ1n) is 14.3. The summed E-state index contributed by atoms with van der Waals surface area (Å²) >= 11 is 1.48. The standard InChI is InChI=1S/C32H35N5O5S/c1-35(18-23-6-4-3-5-7-23)31(38)28-11-9-26(42-28)21-43-32-33-25(20-39-2)17-30(34-32)37-14-12-36(13-15-37)19-24-8-10-27-29(16-24)41-22-40-27/h3-11,16-17H,12-15,18-22H2,1-2H3. The second kappa shape index (κ2) is 13.5. The van der Waals surface area contributed by atoms with Crippen molar-refractivity contribution >= 4 is 23.5 Å². The number of rotatable bonds is 11. The lowest BCUT2D eigenvalue weighted by Gasteiger charge is -2.35. The number of methoxy groups -OCH3 is 1. The third-order valence-electron chi connectivity index (χ3n) is 7.40. The topological polar surface area (TPSA) is 93.4 Å². The maximum Gasteiger partial charge on any atom is 0.289 e. The molecule has 0 saturated carbocycles. The summed E-state index contributed by atoms with van der Waals surface area (Å²) in [6.07, 6.45) is 0. The number of thioether (sulfide) groups is 1. The molecule has 43 heavy (non-hydrogen) atoms. The van der Waals surface area contributed by atoms with Crippen LogP contribution in [0, 0.1) is 0 Å². The van der Waals surface area contributed by atoms with Crippen molar-refractivity contribution in [2.75, 3.05) is 52.0 Å². The molecular weight excluding hydrogens is 566 g/mol. The lowest BCUT2D eigenvalue weighted by atomic mass is 10.1. The van der Waals surface area contributed by atoms with Crippen LogP contribution in [0.3, 0.4) is 0 Å². The molecule has 2 aliphatic heterocycles. The monoisotopic (exact) mass is 601 g/mol. The summed E-state index contributed by atoms with van der Waals surface area (Å²) in [5.74, 6) is 3.90. The molecule has 0 bridgehead atoms. The van der Waals surface area contributed by atoms with Gasteiger partial charge in [0.05, 0.1) is 18.1 Å². The lowest BCUT2D eigenvalue weighted by molar-refractivity contribution is 0.0752. The van der Waals surface area contributed by atoms with Gasteiger partial charge in [-0.1, -0.05) is 48.2 Å². The van der Waals surface area contributed by atoms with Crippen molar-refractivity contribution in [2.24, 2.45) is 0 Å². The van der Waals surface area contributed by atoms with Gasteiger partial charge in [0, 0.05) is 59.5 Å². The van der Waals surface area contributed by atoms with Crippen LogP contribution in [-0.2, 0) is 30.2 Å². The Morgan fingerprint density at radius 3 is 2.58 bits per heavy atom. The van der Waals surface area contributed by atoms with E-state index in [0.29, 0.717) is 35.6 Å². The summed E-state index contributed by atoms with van der Waals surface area (Å²) in [5.41, 5.74) is 3.11. The van der Waals surface area contributed by atoms with E-state index in [0.717, 1.165) is 61.3 Å². The minimum atomic E-state index is -0.154. The highest BCUT2D eigenvalue weighted by atomic mass is 32.2. The van der Waals surface area contributed by atoms with Gasteiger partial charge in [0.15, 0.2) is 22.4 Å². The van der Waals surface area contributed by atoms with Crippen LogP contribution in [-0.4, -0.2) is 72.8 Å². The zero-order valence-corrected chi connectivity index (χ0v) is 25.2. The SMILES string of the molecule is COCc1cc(N2CCN(Cc3ccc4c(c3)OCO4)CC2)nc(SCc2ccc(C(=O)N(C)Cc3ccccc3)o2)n1. The van der Waals surface area contributed by atoms with Crippen molar-refractivity contribution in [3.05, 3.63) is 95.1 Å². The first kappa shape index (κ1) is 29.0. The Labute approximate surface area is 255 Å². The third kappa shape index (κ3) is 7.30. The fraction of sp³-hybridized carbons (Fsp3) is 0.344. The number of furan rings is 1. The van der Waals surface area contributed by atoms with Crippen LogP contribution in [0.15, 0.2) is 76.3 Å². The molecule has 6 rings (SSSR count). The van der Waals surface area contributed by atoms with Crippen molar-refractivity contribution in [1.82, 2.24) is 19.8 Å². The molecule has 2 aromatic heterocycles. The number of nitrogens with zero attached hydrogens (tertiary/aromatic N) is 5. The van der Waals surface area contributed by atoms with Gasteiger partial charge in [-0.05, 0) is 35.4 Å². The van der Waals surface area contributed by atoms with E-state index in [-0.39, 0.29) is 12.7 Å². The number of piperazine rings is 1. The zero-order valence-electron chi connectivity index (χ0n) is 24.4. The average molecular weight is 602 g/mol. The molecule has 4 aromatic rings. The molecule has 224 valence electrons. The second-order valence-electron chi connectivity index (χ2n) is 10.6. The summed E-state index contributed by atoms with van der Waals surface area (Å²) in [7, 11) is 3.44. The molecule has 0 unspecified atom stereocenters. The molecule has 2 aliphatic rings. The molecule has 11 heteroatoms. The predicted octanol–water partition coefficient (Wildman–Crippen LogP) is 4.83. The molecular formula is C32H35N5O5S. The van der Waals surface area contributed by atoms with Crippen LogP contribution >= 0.6 is 11.8 Å². The Hall–Kier alpha value is -4.06. The van der Waals surface area contributed by atoms with Crippen molar-refractivity contribution in [1.29, 1.82) is 0 Å². The Morgan fingerprint density at radius 2 is 1.77 bits per heavy atom. The summed E-state index contributed by atoms with van der Waals surface area (Å²) in [6.45, 7) is 5.62. The van der Waals surface area contributed by atoms with Crippen molar-refractivity contribution in [3.8, 4) is 11.5 Å². The summed E-state index contributed by atoms with van der Waals surface area (Å²) < 4.78 is 22.3. The van der Waals surface area contributed by atoms with Gasteiger partial charge in [-0.25, -0.2) is 9.97 Å². The van der Waals surface area contributed by atoms with Crippen LogP contribution in [0.4, 0.5) is 5.82 Å². The van der Waals surface area contributed by atoms with Crippen molar-refractivity contribution in [3.63, 3.8) is 0 Å². The molecule has 2 aromatic carbocycles. The number of ether oxygens (including phenoxy) is 3. The van der Waals surface area contributed by atoms with E-state index < -0.39 is 0 Å². The minimum Gasteiger partial charge on any atom is -0.455 e. The fourth-order valence-electron chi connectivity index (χ4n) is 5.16. The van der Waals surface area contributed by atoms with E-state index in [9.17, 15) is 4.79 Å². The highest BCUT2D eigenvalue weighted by Gasteiger charge is 2.22. The first-order valence-corrected chi connectivity index (χ1v) is 15.3. The molecule has 0 radical (unpaired) electrons. The molecule has 4 heterocycles. The van der Waals surface area contributed by atoms with Gasteiger partial charge in [-0.2, -0.15) is 0 Å². The van der Waals surface area contributed by atoms with E-state index >= 15 is 0 Å². The van der Waals surface area contributed by atoms with Gasteiger partial charge in [0.25, 0.3) is 5.91 Å². The van der Waals surface area contributed by atoms with Crippen LogP contribution < -0.4 is 14.4 Å². The van der Waals surface area contributed by atoms with Gasteiger partial charge < -0.3 is 28.4 Å². The number of hydrogen-bond acceptors (Lipinski definition) is 10. The number of carbonyl (C=O) groups is 1. The van der Waals surface area contributed by atoms with E-state index in [2.05, 4.69) is 21.9 Å². The third-order valence-corrected chi connectivity index (χ3v) is 8.27. The number of hydrogen-bond donors (Lipinski definition) is 0. The molecule has 10 nitrogen and oxygen atoms in total. The van der Waals surface area contributed by atoms with Gasteiger partial charge in [-0.3, -0.25) is 9.69 Å². The number of aromatic nitrogens is 2. The number of carbonyl (C=O) groups excluding carboxylic acids is 1. The number of benzene rings is 2. The Morgan fingerprint density at radius 1 is 0.953 bits per heavy atom. The van der Waals surface area contributed by atoms with E-state index in [1.165, 1.54) is 17.3 Å². The van der Waals surface area contributed by atoms with Crippen molar-refractivity contribution < 1.29 is 23.4 Å². The van der Waals surface area contributed by atoms with E-state index in [1.54, 1.807) is 25.1 Å². The van der Waals surface area contributed by atoms with E-state index in [4.69, 9.17) is 28.6 Å². The van der Waals surface area contributed by atoms with Gasteiger partial charge in [0.2, 0.25) is 6.79 Å². The van der Waals surface area contributed by atoms with Crippen LogP contribution in [0.25, 0.3) is 0 Å². The maximum absolute atomic E-state index is 12.9. The Balaban J connectivity index is 1.05. The van der Waals surface area contributed by atoms with Gasteiger partial charge in [0.1, 0.15) is 11.6 Å². The molecule has 1 amide bonds. The zero-order chi connectivity index (χ0) is 29.6. The molecule has 0 N–H and O–H groups in total. The van der Waals surface area contributed by atoms with Crippen LogP contribution in [0.1, 0.15) is 33.1 Å². The fourth-order valence-corrected chi connectivity index (χ4v) is 5.93. The molecule has 1 saturated heterocycles. The largest absolute Gasteiger partial charge is 0.455 e. The molecule has 0 aliphatic carbocycles. The Kier molecular flexibility index (Phi) is 9.11. The maximum atomic E-state index is 12.9. The Bertz CT molecular complexity index is 1540. The lowest BCUT2D eigenvalue weighted by Crippen LogP contribution is -2.46. The minimum absolute atomic E-state index is 0.154. The quantitative estimate of drug-likeness (QED) is 0.176. The van der Waals surface area contributed by atoms with E-state index in [1.807, 2.05) is 48.5 Å². The van der Waals surface area contributed by atoms with Crippen molar-refractivity contribution in [2.45, 2.75) is 30.6 Å². The second-order valence-corrected chi connectivity index (χ2v) is 11.5. The van der Waals surface area contributed by atoms with Gasteiger partial charge >= 0.3 is 0 Å².